The molecule has 0 fully saturated rings. The van der Waals surface area contributed by atoms with Gasteiger partial charge >= 0.3 is 5.97 Å². The summed E-state index contributed by atoms with van der Waals surface area (Å²) in [6, 6.07) is 7.47. The number of aryl methyl sites for hydroxylation is 1. The van der Waals surface area contributed by atoms with Crippen molar-refractivity contribution in [2.75, 3.05) is 14.2 Å². The van der Waals surface area contributed by atoms with Crippen molar-refractivity contribution in [3.63, 3.8) is 0 Å². The standard InChI is InChI=1S/C13H14N2O3/c1-15-8-10(12(14-15)13(16)18-3)9-6-4-5-7-11(9)17-2/h4-8H,1-3H3. The minimum Gasteiger partial charge on any atom is -0.496 e. The van der Waals surface area contributed by atoms with Crippen molar-refractivity contribution >= 4 is 5.97 Å². The van der Waals surface area contributed by atoms with Gasteiger partial charge in [-0.15, -0.1) is 0 Å². The van der Waals surface area contributed by atoms with Crippen molar-refractivity contribution in [3.05, 3.63) is 36.2 Å². The number of nitrogens with zero attached hydrogens (tertiary/aromatic N) is 2. The maximum absolute atomic E-state index is 11.7. The summed E-state index contributed by atoms with van der Waals surface area (Å²) in [5.41, 5.74) is 1.79. The number of rotatable bonds is 3. The Bertz CT molecular complexity index is 575. The molecule has 1 aromatic heterocycles. The fraction of sp³-hybridized carbons (Fsp3) is 0.231. The van der Waals surface area contributed by atoms with Gasteiger partial charge in [-0.25, -0.2) is 4.79 Å². The molecule has 0 aliphatic carbocycles. The first-order valence-electron chi connectivity index (χ1n) is 5.42. The lowest BCUT2D eigenvalue weighted by molar-refractivity contribution is 0.0594. The molecule has 0 aliphatic rings. The summed E-state index contributed by atoms with van der Waals surface area (Å²) in [7, 11) is 4.68. The molecule has 0 N–H and O–H groups in total. The fourth-order valence-corrected chi connectivity index (χ4v) is 1.80. The minimum atomic E-state index is -0.462. The molecule has 1 heterocycles. The smallest absolute Gasteiger partial charge is 0.359 e. The third kappa shape index (κ3) is 2.07. The van der Waals surface area contributed by atoms with Gasteiger partial charge < -0.3 is 9.47 Å². The topological polar surface area (TPSA) is 53.3 Å². The molecular formula is C13H14N2O3. The maximum Gasteiger partial charge on any atom is 0.359 e. The van der Waals surface area contributed by atoms with Crippen molar-refractivity contribution in [3.8, 4) is 16.9 Å². The predicted octanol–water partition coefficient (Wildman–Crippen LogP) is 1.88. The summed E-state index contributed by atoms with van der Waals surface area (Å²) in [6.45, 7) is 0. The molecule has 5 heteroatoms. The van der Waals surface area contributed by atoms with Crippen LogP contribution in [0.2, 0.25) is 0 Å². The first-order valence-corrected chi connectivity index (χ1v) is 5.42. The molecule has 0 aliphatic heterocycles. The monoisotopic (exact) mass is 246 g/mol. The van der Waals surface area contributed by atoms with Crippen LogP contribution in [0.25, 0.3) is 11.1 Å². The molecular weight excluding hydrogens is 232 g/mol. The molecule has 2 rings (SSSR count). The fourth-order valence-electron chi connectivity index (χ4n) is 1.80. The van der Waals surface area contributed by atoms with Gasteiger partial charge in [0, 0.05) is 24.4 Å². The Kier molecular flexibility index (Phi) is 3.32. The molecule has 0 saturated carbocycles. The van der Waals surface area contributed by atoms with Gasteiger partial charge in [0.2, 0.25) is 0 Å². The molecule has 0 atom stereocenters. The highest BCUT2D eigenvalue weighted by Gasteiger charge is 2.19. The van der Waals surface area contributed by atoms with Gasteiger partial charge in [-0.3, -0.25) is 4.68 Å². The molecule has 2 aromatic rings. The SMILES string of the molecule is COC(=O)c1nn(C)cc1-c1ccccc1OC. The largest absolute Gasteiger partial charge is 0.496 e. The second-order valence-electron chi connectivity index (χ2n) is 3.76. The van der Waals surface area contributed by atoms with Gasteiger partial charge in [-0.1, -0.05) is 18.2 Å². The third-order valence-electron chi connectivity index (χ3n) is 2.60. The van der Waals surface area contributed by atoms with Crippen LogP contribution in [0.15, 0.2) is 30.5 Å². The van der Waals surface area contributed by atoms with Gasteiger partial charge in [0.15, 0.2) is 5.69 Å². The van der Waals surface area contributed by atoms with Crippen molar-refractivity contribution in [2.24, 2.45) is 7.05 Å². The summed E-state index contributed by atoms with van der Waals surface area (Å²) in [6.07, 6.45) is 1.77. The molecule has 0 unspecified atom stereocenters. The lowest BCUT2D eigenvalue weighted by Gasteiger charge is -2.07. The number of methoxy groups -OCH3 is 2. The molecule has 0 bridgehead atoms. The average Bonchev–Trinajstić information content (AvgIpc) is 2.79. The number of carbonyl (C=O) groups excluding carboxylic acids is 1. The number of esters is 1. The minimum absolute atomic E-state index is 0.282. The summed E-state index contributed by atoms with van der Waals surface area (Å²) in [4.78, 5) is 11.7. The maximum atomic E-state index is 11.7. The average molecular weight is 246 g/mol. The zero-order valence-corrected chi connectivity index (χ0v) is 10.5. The highest BCUT2D eigenvalue weighted by molar-refractivity contribution is 5.96. The van der Waals surface area contributed by atoms with Crippen molar-refractivity contribution in [1.29, 1.82) is 0 Å². The van der Waals surface area contributed by atoms with Crippen LogP contribution < -0.4 is 4.74 Å². The van der Waals surface area contributed by atoms with E-state index in [0.29, 0.717) is 11.3 Å². The third-order valence-corrected chi connectivity index (χ3v) is 2.60. The van der Waals surface area contributed by atoms with E-state index in [1.807, 2.05) is 24.3 Å². The summed E-state index contributed by atoms with van der Waals surface area (Å²) >= 11 is 0. The Balaban J connectivity index is 2.60. The zero-order valence-electron chi connectivity index (χ0n) is 10.5. The van der Waals surface area contributed by atoms with Crippen molar-refractivity contribution in [1.82, 2.24) is 9.78 Å². The van der Waals surface area contributed by atoms with E-state index >= 15 is 0 Å². The molecule has 0 saturated heterocycles. The molecule has 0 radical (unpaired) electrons. The van der Waals surface area contributed by atoms with Crippen LogP contribution in [0.3, 0.4) is 0 Å². The van der Waals surface area contributed by atoms with Crippen molar-refractivity contribution < 1.29 is 14.3 Å². The number of benzene rings is 1. The van der Waals surface area contributed by atoms with E-state index in [9.17, 15) is 4.79 Å². The molecule has 94 valence electrons. The number of para-hydroxylation sites is 1. The Hall–Kier alpha value is -2.30. The van der Waals surface area contributed by atoms with Crippen LogP contribution >= 0.6 is 0 Å². The number of ether oxygens (including phenoxy) is 2. The number of hydrogen-bond donors (Lipinski definition) is 0. The molecule has 0 spiro atoms. The lowest BCUT2D eigenvalue weighted by atomic mass is 10.1. The summed E-state index contributed by atoms with van der Waals surface area (Å²) < 4.78 is 11.6. The van der Waals surface area contributed by atoms with Crippen LogP contribution in [0.1, 0.15) is 10.5 Å². The molecule has 5 nitrogen and oxygen atoms in total. The molecule has 18 heavy (non-hydrogen) atoms. The summed E-state index contributed by atoms with van der Waals surface area (Å²) in [5, 5.41) is 4.12. The number of hydrogen-bond acceptors (Lipinski definition) is 4. The number of aromatic nitrogens is 2. The van der Waals surface area contributed by atoms with Gasteiger partial charge in [0.1, 0.15) is 5.75 Å². The van der Waals surface area contributed by atoms with E-state index in [-0.39, 0.29) is 5.69 Å². The van der Waals surface area contributed by atoms with Crippen LogP contribution in [0, 0.1) is 0 Å². The Morgan fingerprint density at radius 3 is 2.61 bits per heavy atom. The van der Waals surface area contributed by atoms with Gasteiger partial charge in [-0.2, -0.15) is 5.10 Å². The van der Waals surface area contributed by atoms with E-state index in [2.05, 4.69) is 5.10 Å². The van der Waals surface area contributed by atoms with E-state index in [1.165, 1.54) is 7.11 Å². The van der Waals surface area contributed by atoms with Crippen LogP contribution in [0.5, 0.6) is 5.75 Å². The summed E-state index contributed by atoms with van der Waals surface area (Å²) in [5.74, 6) is 0.229. The molecule has 1 aromatic carbocycles. The first kappa shape index (κ1) is 12.2. The van der Waals surface area contributed by atoms with Gasteiger partial charge in [0.05, 0.1) is 14.2 Å². The highest BCUT2D eigenvalue weighted by atomic mass is 16.5. The van der Waals surface area contributed by atoms with Gasteiger partial charge in [-0.05, 0) is 6.07 Å². The Labute approximate surface area is 105 Å². The lowest BCUT2D eigenvalue weighted by Crippen LogP contribution is -2.04. The van der Waals surface area contributed by atoms with E-state index < -0.39 is 5.97 Å². The first-order chi connectivity index (χ1) is 8.67. The van der Waals surface area contributed by atoms with Crippen LogP contribution in [-0.2, 0) is 11.8 Å². The van der Waals surface area contributed by atoms with E-state index in [4.69, 9.17) is 9.47 Å². The van der Waals surface area contributed by atoms with Gasteiger partial charge in [0.25, 0.3) is 0 Å². The second-order valence-corrected chi connectivity index (χ2v) is 3.76. The highest BCUT2D eigenvalue weighted by Crippen LogP contribution is 2.31. The second kappa shape index (κ2) is 4.91. The number of carbonyl (C=O) groups is 1. The molecule has 0 amide bonds. The predicted molar refractivity (Wildman–Crippen MR) is 66.5 cm³/mol. The van der Waals surface area contributed by atoms with Crippen molar-refractivity contribution in [2.45, 2.75) is 0 Å². The Morgan fingerprint density at radius 2 is 1.94 bits per heavy atom. The van der Waals surface area contributed by atoms with E-state index in [0.717, 1.165) is 5.56 Å². The van der Waals surface area contributed by atoms with Crippen LogP contribution in [-0.4, -0.2) is 30.0 Å². The quantitative estimate of drug-likeness (QED) is 0.776. The normalized spacial score (nSPS) is 10.2. The van der Waals surface area contributed by atoms with Crippen LogP contribution in [0.4, 0.5) is 0 Å². The zero-order chi connectivity index (χ0) is 13.1. The Morgan fingerprint density at radius 1 is 1.22 bits per heavy atom. The van der Waals surface area contributed by atoms with E-state index in [1.54, 1.807) is 25.0 Å².